The molecule has 2 nitrogen and oxygen atoms in total. The van der Waals surface area contributed by atoms with Crippen molar-refractivity contribution in [1.82, 2.24) is 4.90 Å². The van der Waals surface area contributed by atoms with Gasteiger partial charge in [-0.15, -0.1) is 0 Å². The van der Waals surface area contributed by atoms with Crippen molar-refractivity contribution in [2.45, 2.75) is 33.7 Å². The normalized spacial score (nSPS) is 21.0. The highest BCUT2D eigenvalue weighted by Crippen LogP contribution is 2.36. The molecule has 106 valence electrons. The molecule has 1 aromatic rings. The van der Waals surface area contributed by atoms with E-state index in [1.54, 1.807) is 12.1 Å². The summed E-state index contributed by atoms with van der Waals surface area (Å²) >= 11 is 11.9. The van der Waals surface area contributed by atoms with E-state index in [1.165, 1.54) is 6.42 Å². The monoisotopic (exact) mass is 301 g/mol. The summed E-state index contributed by atoms with van der Waals surface area (Å²) in [6, 6.07) is 3.37. The molecule has 0 aromatic heterocycles. The first-order valence-electron chi connectivity index (χ1n) is 6.66. The van der Waals surface area contributed by atoms with Gasteiger partial charge in [-0.2, -0.15) is 0 Å². The summed E-state index contributed by atoms with van der Waals surface area (Å²) in [4.78, 5) is 2.36. The molecule has 0 radical (unpaired) electrons. The molecule has 1 saturated heterocycles. The number of hydrogen-bond donors (Lipinski definition) is 1. The van der Waals surface area contributed by atoms with E-state index in [2.05, 4.69) is 25.7 Å². The number of aromatic hydroxyl groups is 1. The maximum absolute atomic E-state index is 9.99. The standard InChI is InChI=1S/C15H21Cl2NO/c1-15(2,3)11-4-5-18(9-11)8-10-6-12(16)7-13(17)14(10)19/h6-7,11,19H,4-5,8-9H2,1-3H3. The fourth-order valence-electron chi connectivity index (χ4n) is 2.66. The van der Waals surface area contributed by atoms with Crippen molar-refractivity contribution in [3.63, 3.8) is 0 Å². The van der Waals surface area contributed by atoms with Crippen LogP contribution >= 0.6 is 23.2 Å². The average Bonchev–Trinajstić information content (AvgIpc) is 2.73. The van der Waals surface area contributed by atoms with Crippen molar-refractivity contribution in [2.75, 3.05) is 13.1 Å². The largest absolute Gasteiger partial charge is 0.506 e. The zero-order valence-electron chi connectivity index (χ0n) is 11.7. The third-order valence-corrected chi connectivity index (χ3v) is 4.50. The number of phenols is 1. The molecule has 0 spiro atoms. The quantitative estimate of drug-likeness (QED) is 0.865. The second-order valence-electron chi connectivity index (χ2n) is 6.48. The van der Waals surface area contributed by atoms with Gasteiger partial charge in [0.1, 0.15) is 5.75 Å². The van der Waals surface area contributed by atoms with Crippen molar-refractivity contribution in [3.05, 3.63) is 27.7 Å². The van der Waals surface area contributed by atoms with Gasteiger partial charge in [0.25, 0.3) is 0 Å². The van der Waals surface area contributed by atoms with Crippen LogP contribution in [0, 0.1) is 11.3 Å². The molecule has 1 aliphatic rings. The summed E-state index contributed by atoms with van der Waals surface area (Å²) in [5, 5.41) is 10.9. The van der Waals surface area contributed by atoms with E-state index in [0.29, 0.717) is 27.9 Å². The second-order valence-corrected chi connectivity index (χ2v) is 7.33. The molecule has 0 amide bonds. The lowest BCUT2D eigenvalue weighted by Crippen LogP contribution is -2.25. The van der Waals surface area contributed by atoms with Crippen LogP contribution in [0.25, 0.3) is 0 Å². The first-order chi connectivity index (χ1) is 8.77. The summed E-state index contributed by atoms with van der Waals surface area (Å²) in [7, 11) is 0. The van der Waals surface area contributed by atoms with E-state index >= 15 is 0 Å². The fourth-order valence-corrected chi connectivity index (χ4v) is 3.20. The van der Waals surface area contributed by atoms with E-state index in [1.807, 2.05) is 0 Å². The molecule has 0 saturated carbocycles. The van der Waals surface area contributed by atoms with Gasteiger partial charge in [-0.25, -0.2) is 0 Å². The molecular formula is C15H21Cl2NO. The Kier molecular flexibility index (Phi) is 4.34. The van der Waals surface area contributed by atoms with Crippen molar-refractivity contribution in [1.29, 1.82) is 0 Å². The van der Waals surface area contributed by atoms with Crippen LogP contribution in [0.2, 0.25) is 10.0 Å². The third-order valence-electron chi connectivity index (χ3n) is 4.00. The van der Waals surface area contributed by atoms with Gasteiger partial charge < -0.3 is 5.11 Å². The minimum Gasteiger partial charge on any atom is -0.506 e. The molecule has 1 aromatic carbocycles. The molecule has 1 unspecified atom stereocenters. The Morgan fingerprint density at radius 2 is 2.00 bits per heavy atom. The van der Waals surface area contributed by atoms with E-state index in [4.69, 9.17) is 23.2 Å². The van der Waals surface area contributed by atoms with Gasteiger partial charge in [0.15, 0.2) is 0 Å². The van der Waals surface area contributed by atoms with E-state index in [9.17, 15) is 5.11 Å². The highest BCUT2D eigenvalue weighted by Gasteiger charge is 2.31. The molecular weight excluding hydrogens is 281 g/mol. The predicted octanol–water partition coefficient (Wildman–Crippen LogP) is 4.57. The molecule has 4 heteroatoms. The van der Waals surface area contributed by atoms with Gasteiger partial charge in [-0.3, -0.25) is 4.90 Å². The van der Waals surface area contributed by atoms with Crippen LogP contribution in [-0.2, 0) is 6.54 Å². The number of likely N-dealkylation sites (tertiary alicyclic amines) is 1. The molecule has 2 rings (SSSR count). The van der Waals surface area contributed by atoms with Gasteiger partial charge in [-0.1, -0.05) is 44.0 Å². The van der Waals surface area contributed by atoms with Crippen LogP contribution in [-0.4, -0.2) is 23.1 Å². The Bertz CT molecular complexity index is 468. The van der Waals surface area contributed by atoms with Gasteiger partial charge in [0, 0.05) is 23.7 Å². The minimum atomic E-state index is 0.158. The molecule has 0 bridgehead atoms. The van der Waals surface area contributed by atoms with Crippen molar-refractivity contribution < 1.29 is 5.11 Å². The zero-order valence-corrected chi connectivity index (χ0v) is 13.2. The van der Waals surface area contributed by atoms with Crippen LogP contribution in [0.5, 0.6) is 5.75 Å². The van der Waals surface area contributed by atoms with Crippen LogP contribution in [0.1, 0.15) is 32.8 Å². The lowest BCUT2D eigenvalue weighted by Gasteiger charge is -2.27. The van der Waals surface area contributed by atoms with Gasteiger partial charge in [-0.05, 0) is 36.4 Å². The van der Waals surface area contributed by atoms with Crippen LogP contribution in [0.15, 0.2) is 12.1 Å². The Balaban J connectivity index is 2.08. The molecule has 0 aliphatic carbocycles. The molecule has 19 heavy (non-hydrogen) atoms. The second kappa shape index (κ2) is 5.51. The number of benzene rings is 1. The maximum Gasteiger partial charge on any atom is 0.138 e. The predicted molar refractivity (Wildman–Crippen MR) is 81.0 cm³/mol. The topological polar surface area (TPSA) is 23.5 Å². The van der Waals surface area contributed by atoms with E-state index in [-0.39, 0.29) is 5.75 Å². The Morgan fingerprint density at radius 3 is 2.58 bits per heavy atom. The van der Waals surface area contributed by atoms with Gasteiger partial charge in [0.05, 0.1) is 5.02 Å². The zero-order chi connectivity index (χ0) is 14.2. The number of hydrogen-bond acceptors (Lipinski definition) is 2. The van der Waals surface area contributed by atoms with Crippen molar-refractivity contribution >= 4 is 23.2 Å². The average molecular weight is 302 g/mol. The first kappa shape index (κ1) is 15.0. The van der Waals surface area contributed by atoms with E-state index < -0.39 is 0 Å². The Hall–Kier alpha value is -0.440. The van der Waals surface area contributed by atoms with Gasteiger partial charge in [0.2, 0.25) is 0 Å². The lowest BCUT2D eigenvalue weighted by molar-refractivity contribution is 0.225. The molecule has 1 atom stereocenters. The van der Waals surface area contributed by atoms with Crippen LogP contribution in [0.3, 0.4) is 0 Å². The number of halogens is 2. The SMILES string of the molecule is CC(C)(C)C1CCN(Cc2cc(Cl)cc(Cl)c2O)C1. The van der Waals surface area contributed by atoms with E-state index in [0.717, 1.165) is 18.7 Å². The summed E-state index contributed by atoms with van der Waals surface area (Å²) < 4.78 is 0. The summed E-state index contributed by atoms with van der Waals surface area (Å²) in [5.74, 6) is 0.856. The third kappa shape index (κ3) is 3.56. The Labute approximate surface area is 125 Å². The molecule has 1 aliphatic heterocycles. The fraction of sp³-hybridized carbons (Fsp3) is 0.600. The number of rotatable bonds is 2. The highest BCUT2D eigenvalue weighted by molar-refractivity contribution is 6.35. The summed E-state index contributed by atoms with van der Waals surface area (Å²) in [6.07, 6.45) is 1.21. The molecule has 1 N–H and O–H groups in total. The minimum absolute atomic E-state index is 0.158. The maximum atomic E-state index is 9.99. The number of phenolic OH excluding ortho intramolecular Hbond substituents is 1. The Morgan fingerprint density at radius 1 is 1.32 bits per heavy atom. The van der Waals surface area contributed by atoms with Crippen molar-refractivity contribution in [2.24, 2.45) is 11.3 Å². The molecule has 1 fully saturated rings. The van der Waals surface area contributed by atoms with Gasteiger partial charge >= 0.3 is 0 Å². The lowest BCUT2D eigenvalue weighted by atomic mass is 9.80. The summed E-state index contributed by atoms with van der Waals surface area (Å²) in [6.45, 7) is 9.69. The van der Waals surface area contributed by atoms with Crippen molar-refractivity contribution in [3.8, 4) is 5.75 Å². The summed E-state index contributed by atoms with van der Waals surface area (Å²) in [5.41, 5.74) is 1.15. The van der Waals surface area contributed by atoms with Crippen LogP contribution in [0.4, 0.5) is 0 Å². The smallest absolute Gasteiger partial charge is 0.138 e. The number of nitrogens with zero attached hydrogens (tertiary/aromatic N) is 1. The van der Waals surface area contributed by atoms with Crippen LogP contribution < -0.4 is 0 Å². The first-order valence-corrected chi connectivity index (χ1v) is 7.42. The highest BCUT2D eigenvalue weighted by atomic mass is 35.5. The molecule has 1 heterocycles.